The predicted molar refractivity (Wildman–Crippen MR) is 98.2 cm³/mol. The summed E-state index contributed by atoms with van der Waals surface area (Å²) >= 11 is 0. The number of carbonyl (C=O) groups excluding carboxylic acids is 1. The average Bonchev–Trinajstić information content (AvgIpc) is 3.36. The maximum atomic E-state index is 12.2. The highest BCUT2D eigenvalue weighted by molar-refractivity contribution is 5.78. The zero-order valence-corrected chi connectivity index (χ0v) is 15.7. The van der Waals surface area contributed by atoms with E-state index >= 15 is 0 Å². The lowest BCUT2D eigenvalue weighted by molar-refractivity contribution is -0.124. The zero-order chi connectivity index (χ0) is 18.1. The van der Waals surface area contributed by atoms with Gasteiger partial charge in [0.2, 0.25) is 5.91 Å². The van der Waals surface area contributed by atoms with Crippen LogP contribution in [0.4, 0.5) is 0 Å². The first kappa shape index (κ1) is 17.3. The van der Waals surface area contributed by atoms with Gasteiger partial charge in [-0.25, -0.2) is 0 Å². The molecule has 0 unspecified atom stereocenters. The number of nitrogens with zero attached hydrogens (tertiary/aromatic N) is 4. The van der Waals surface area contributed by atoms with Crippen LogP contribution in [-0.2, 0) is 31.0 Å². The van der Waals surface area contributed by atoms with Crippen molar-refractivity contribution >= 4 is 5.91 Å². The standard InChI is InChI=1S/C19H28N6O/c1-13-18(14(2)22-21-13)12-24-7-8-25-17(11-24)9-16(23-25)10-20-19(26)15-5-3-4-6-15/h9,15H,3-8,10-12H2,1-2H3,(H,20,26)(H,21,22). The molecule has 1 fully saturated rings. The Morgan fingerprint density at radius 3 is 2.85 bits per heavy atom. The third kappa shape index (κ3) is 3.53. The molecular formula is C19H28N6O. The van der Waals surface area contributed by atoms with Crippen LogP contribution >= 0.6 is 0 Å². The number of fused-ring (bicyclic) bond motifs is 1. The van der Waals surface area contributed by atoms with E-state index in [9.17, 15) is 4.79 Å². The minimum atomic E-state index is 0.195. The van der Waals surface area contributed by atoms with Crippen molar-refractivity contribution in [1.82, 2.24) is 30.2 Å². The average molecular weight is 356 g/mol. The van der Waals surface area contributed by atoms with E-state index in [0.29, 0.717) is 6.54 Å². The fourth-order valence-electron chi connectivity index (χ4n) is 4.14. The lowest BCUT2D eigenvalue weighted by Crippen LogP contribution is -2.33. The third-order valence-corrected chi connectivity index (χ3v) is 5.76. The van der Waals surface area contributed by atoms with Crippen LogP contribution in [0.15, 0.2) is 6.07 Å². The molecule has 1 aliphatic heterocycles. The fraction of sp³-hybridized carbons (Fsp3) is 0.632. The second kappa shape index (κ2) is 7.23. The highest BCUT2D eigenvalue weighted by atomic mass is 16.1. The summed E-state index contributed by atoms with van der Waals surface area (Å²) in [4.78, 5) is 14.6. The van der Waals surface area contributed by atoms with E-state index in [4.69, 9.17) is 0 Å². The Morgan fingerprint density at radius 1 is 1.31 bits per heavy atom. The Labute approximate surface area is 154 Å². The first-order valence-corrected chi connectivity index (χ1v) is 9.66. The van der Waals surface area contributed by atoms with Gasteiger partial charge in [0.05, 0.1) is 30.2 Å². The minimum absolute atomic E-state index is 0.195. The molecule has 2 aliphatic rings. The van der Waals surface area contributed by atoms with Gasteiger partial charge in [-0.05, 0) is 32.8 Å². The van der Waals surface area contributed by atoms with Crippen LogP contribution in [0.2, 0.25) is 0 Å². The smallest absolute Gasteiger partial charge is 0.223 e. The van der Waals surface area contributed by atoms with Crippen molar-refractivity contribution in [2.75, 3.05) is 6.54 Å². The molecule has 1 amide bonds. The van der Waals surface area contributed by atoms with Crippen LogP contribution in [0.1, 0.15) is 54.0 Å². The monoisotopic (exact) mass is 356 g/mol. The molecule has 0 saturated heterocycles. The number of amides is 1. The van der Waals surface area contributed by atoms with Gasteiger partial charge in [-0.3, -0.25) is 19.5 Å². The van der Waals surface area contributed by atoms with Crippen molar-refractivity contribution < 1.29 is 4.79 Å². The van der Waals surface area contributed by atoms with Gasteiger partial charge in [-0.1, -0.05) is 12.8 Å². The maximum Gasteiger partial charge on any atom is 0.223 e. The van der Waals surface area contributed by atoms with Crippen molar-refractivity contribution in [1.29, 1.82) is 0 Å². The SMILES string of the molecule is Cc1n[nH]c(C)c1CN1CCn2nc(CNC(=O)C3CCCC3)cc2C1. The Hall–Kier alpha value is -2.15. The van der Waals surface area contributed by atoms with Crippen molar-refractivity contribution in [3.8, 4) is 0 Å². The number of nitrogens with one attached hydrogen (secondary N) is 2. The Bertz CT molecular complexity index is 767. The third-order valence-electron chi connectivity index (χ3n) is 5.76. The molecule has 2 aromatic rings. The van der Waals surface area contributed by atoms with Crippen molar-refractivity contribution in [3.63, 3.8) is 0 Å². The molecule has 1 aliphatic carbocycles. The number of carbonyl (C=O) groups is 1. The first-order chi connectivity index (χ1) is 12.6. The normalized spacial score (nSPS) is 18.2. The van der Waals surface area contributed by atoms with E-state index in [2.05, 4.69) is 50.1 Å². The second-order valence-corrected chi connectivity index (χ2v) is 7.67. The van der Waals surface area contributed by atoms with Crippen molar-refractivity contribution in [2.24, 2.45) is 5.92 Å². The van der Waals surface area contributed by atoms with Gasteiger partial charge in [0.25, 0.3) is 0 Å². The first-order valence-electron chi connectivity index (χ1n) is 9.66. The molecule has 0 spiro atoms. The highest BCUT2D eigenvalue weighted by Crippen LogP contribution is 2.25. The summed E-state index contributed by atoms with van der Waals surface area (Å²) in [6.07, 6.45) is 4.44. The van der Waals surface area contributed by atoms with Crippen molar-refractivity contribution in [2.45, 2.75) is 65.7 Å². The Balaban J connectivity index is 1.35. The van der Waals surface area contributed by atoms with Gasteiger partial charge >= 0.3 is 0 Å². The summed E-state index contributed by atoms with van der Waals surface area (Å²) < 4.78 is 2.09. The maximum absolute atomic E-state index is 12.2. The van der Waals surface area contributed by atoms with Crippen LogP contribution in [0.25, 0.3) is 0 Å². The van der Waals surface area contributed by atoms with E-state index in [1.807, 2.05) is 0 Å². The lowest BCUT2D eigenvalue weighted by atomic mass is 10.1. The molecule has 26 heavy (non-hydrogen) atoms. The van der Waals surface area contributed by atoms with E-state index in [1.165, 1.54) is 24.1 Å². The largest absolute Gasteiger partial charge is 0.350 e. The Morgan fingerprint density at radius 2 is 2.12 bits per heavy atom. The van der Waals surface area contributed by atoms with Crippen LogP contribution in [-0.4, -0.2) is 37.3 Å². The number of hydrogen-bond donors (Lipinski definition) is 2. The van der Waals surface area contributed by atoms with Gasteiger partial charge in [0.15, 0.2) is 0 Å². The number of aryl methyl sites for hydroxylation is 2. The molecule has 7 heteroatoms. The topological polar surface area (TPSA) is 78.8 Å². The number of H-pyrrole nitrogens is 1. The van der Waals surface area contributed by atoms with Gasteiger partial charge in [0.1, 0.15) is 0 Å². The van der Waals surface area contributed by atoms with Gasteiger partial charge in [-0.2, -0.15) is 10.2 Å². The van der Waals surface area contributed by atoms with Crippen LogP contribution in [0.3, 0.4) is 0 Å². The summed E-state index contributed by atoms with van der Waals surface area (Å²) in [5.41, 5.74) is 5.71. The molecule has 2 aromatic heterocycles. The van der Waals surface area contributed by atoms with E-state index in [1.54, 1.807) is 0 Å². The summed E-state index contributed by atoms with van der Waals surface area (Å²) in [5, 5.41) is 15.1. The quantitative estimate of drug-likeness (QED) is 0.859. The van der Waals surface area contributed by atoms with Gasteiger partial charge in [-0.15, -0.1) is 0 Å². The number of hydrogen-bond acceptors (Lipinski definition) is 4. The molecule has 140 valence electrons. The van der Waals surface area contributed by atoms with Gasteiger partial charge < -0.3 is 5.32 Å². The summed E-state index contributed by atoms with van der Waals surface area (Å²) in [7, 11) is 0. The lowest BCUT2D eigenvalue weighted by Gasteiger charge is -2.27. The van der Waals surface area contributed by atoms with E-state index < -0.39 is 0 Å². The molecule has 0 bridgehead atoms. The second-order valence-electron chi connectivity index (χ2n) is 7.67. The minimum Gasteiger partial charge on any atom is -0.350 e. The summed E-state index contributed by atoms with van der Waals surface area (Å²) in [5.74, 6) is 0.408. The predicted octanol–water partition coefficient (Wildman–Crippen LogP) is 2.05. The Kier molecular flexibility index (Phi) is 4.80. The molecular weight excluding hydrogens is 328 g/mol. The van der Waals surface area contributed by atoms with Crippen LogP contribution in [0, 0.1) is 19.8 Å². The highest BCUT2D eigenvalue weighted by Gasteiger charge is 2.23. The molecule has 4 rings (SSSR count). The number of aromatic nitrogens is 4. The summed E-state index contributed by atoms with van der Waals surface area (Å²) in [6.45, 7) is 8.33. The van der Waals surface area contributed by atoms with Crippen molar-refractivity contribution in [3.05, 3.63) is 34.4 Å². The molecule has 2 N–H and O–H groups in total. The number of aromatic amines is 1. The molecule has 3 heterocycles. The molecule has 0 aromatic carbocycles. The summed E-state index contributed by atoms with van der Waals surface area (Å²) in [6, 6.07) is 2.14. The van der Waals surface area contributed by atoms with Crippen LogP contribution in [0.5, 0.6) is 0 Å². The van der Waals surface area contributed by atoms with Crippen LogP contribution < -0.4 is 5.32 Å². The number of rotatable bonds is 5. The molecule has 1 saturated carbocycles. The zero-order valence-electron chi connectivity index (χ0n) is 15.7. The van der Waals surface area contributed by atoms with Gasteiger partial charge in [0, 0.05) is 36.8 Å². The van der Waals surface area contributed by atoms with E-state index in [-0.39, 0.29) is 11.8 Å². The fourth-order valence-corrected chi connectivity index (χ4v) is 4.14. The molecule has 0 radical (unpaired) electrons. The van der Waals surface area contributed by atoms with E-state index in [0.717, 1.165) is 56.1 Å². The molecule has 0 atom stereocenters. The molecule has 7 nitrogen and oxygen atoms in total.